The molecule has 2 aliphatic rings. The number of piperidine rings is 1. The number of nitrogens with zero attached hydrogens (tertiary/aromatic N) is 1. The van der Waals surface area contributed by atoms with Crippen LogP contribution < -0.4 is 10.2 Å². The molecule has 0 unspecified atom stereocenters. The van der Waals surface area contributed by atoms with Gasteiger partial charge in [-0.3, -0.25) is 0 Å². The summed E-state index contributed by atoms with van der Waals surface area (Å²) in [4.78, 5) is 2.53. The molecule has 1 aliphatic heterocycles. The van der Waals surface area contributed by atoms with E-state index in [1.807, 2.05) is 0 Å². The van der Waals surface area contributed by atoms with Gasteiger partial charge in [-0.05, 0) is 62.6 Å². The molecule has 1 saturated heterocycles. The highest BCUT2D eigenvalue weighted by Crippen LogP contribution is 2.27. The lowest BCUT2D eigenvalue weighted by Crippen LogP contribution is -2.31. The first kappa shape index (κ1) is 14.9. The van der Waals surface area contributed by atoms with Crippen LogP contribution in [0.3, 0.4) is 0 Å². The second-order valence-electron chi connectivity index (χ2n) is 6.93. The standard InChI is InChI=1S/C19H30N2/c1-16(18-7-3-4-8-18)20-15-17-9-11-19(12-10-17)21-13-5-2-6-14-21/h9-12,16,18,20H,2-8,13-15H2,1H3/t16-/m1/s1. The minimum absolute atomic E-state index is 0.661. The third-order valence-electron chi connectivity index (χ3n) is 5.39. The second-order valence-corrected chi connectivity index (χ2v) is 6.93. The van der Waals surface area contributed by atoms with Gasteiger partial charge in [0.25, 0.3) is 0 Å². The zero-order chi connectivity index (χ0) is 14.5. The van der Waals surface area contributed by atoms with Crippen molar-refractivity contribution in [1.29, 1.82) is 0 Å². The van der Waals surface area contributed by atoms with Gasteiger partial charge in [0.05, 0.1) is 0 Å². The molecule has 0 amide bonds. The first-order chi connectivity index (χ1) is 10.3. The Morgan fingerprint density at radius 1 is 1.00 bits per heavy atom. The number of hydrogen-bond acceptors (Lipinski definition) is 2. The number of hydrogen-bond donors (Lipinski definition) is 1. The zero-order valence-corrected chi connectivity index (χ0v) is 13.5. The smallest absolute Gasteiger partial charge is 0.0366 e. The molecular weight excluding hydrogens is 256 g/mol. The van der Waals surface area contributed by atoms with Gasteiger partial charge in [-0.2, -0.15) is 0 Å². The van der Waals surface area contributed by atoms with Gasteiger partial charge in [0, 0.05) is 31.4 Å². The molecule has 0 aromatic heterocycles. The molecule has 1 atom stereocenters. The van der Waals surface area contributed by atoms with E-state index in [2.05, 4.69) is 41.4 Å². The first-order valence-electron chi connectivity index (χ1n) is 8.90. The van der Waals surface area contributed by atoms with Crippen molar-refractivity contribution in [3.8, 4) is 0 Å². The molecule has 1 N–H and O–H groups in total. The van der Waals surface area contributed by atoms with Crippen molar-refractivity contribution in [2.75, 3.05) is 18.0 Å². The summed E-state index contributed by atoms with van der Waals surface area (Å²) in [5.74, 6) is 0.901. The van der Waals surface area contributed by atoms with Crippen LogP contribution in [0, 0.1) is 5.92 Å². The summed E-state index contributed by atoms with van der Waals surface area (Å²) in [6.45, 7) is 5.84. The van der Waals surface area contributed by atoms with Crippen LogP contribution in [0.25, 0.3) is 0 Å². The predicted octanol–water partition coefficient (Wildman–Crippen LogP) is 4.35. The summed E-state index contributed by atoms with van der Waals surface area (Å²) in [6.07, 6.45) is 9.80. The largest absolute Gasteiger partial charge is 0.372 e. The van der Waals surface area contributed by atoms with Crippen LogP contribution in [0.2, 0.25) is 0 Å². The molecule has 2 nitrogen and oxygen atoms in total. The third kappa shape index (κ3) is 4.00. The minimum atomic E-state index is 0.661. The maximum absolute atomic E-state index is 3.73. The van der Waals surface area contributed by atoms with Gasteiger partial charge < -0.3 is 10.2 Å². The van der Waals surface area contributed by atoms with Gasteiger partial charge in [0.2, 0.25) is 0 Å². The van der Waals surface area contributed by atoms with Crippen LogP contribution in [-0.4, -0.2) is 19.1 Å². The third-order valence-corrected chi connectivity index (χ3v) is 5.39. The van der Waals surface area contributed by atoms with Crippen molar-refractivity contribution in [1.82, 2.24) is 5.32 Å². The Balaban J connectivity index is 1.49. The van der Waals surface area contributed by atoms with Crippen LogP contribution in [0.4, 0.5) is 5.69 Å². The molecule has 1 aromatic carbocycles. The van der Waals surface area contributed by atoms with Crippen molar-refractivity contribution in [3.05, 3.63) is 29.8 Å². The van der Waals surface area contributed by atoms with Crippen LogP contribution in [0.15, 0.2) is 24.3 Å². The van der Waals surface area contributed by atoms with Crippen LogP contribution in [0.5, 0.6) is 0 Å². The lowest BCUT2D eigenvalue weighted by Gasteiger charge is -2.29. The fraction of sp³-hybridized carbons (Fsp3) is 0.684. The Morgan fingerprint density at radius 3 is 2.33 bits per heavy atom. The SMILES string of the molecule is C[C@@H](NCc1ccc(N2CCCCC2)cc1)C1CCCC1. The highest BCUT2D eigenvalue weighted by Gasteiger charge is 2.20. The normalized spacial score (nSPS) is 21.7. The Kier molecular flexibility index (Phi) is 5.18. The van der Waals surface area contributed by atoms with E-state index in [4.69, 9.17) is 0 Å². The number of benzene rings is 1. The molecule has 1 heterocycles. The van der Waals surface area contributed by atoms with E-state index in [-0.39, 0.29) is 0 Å². The molecule has 0 spiro atoms. The zero-order valence-electron chi connectivity index (χ0n) is 13.5. The molecule has 3 rings (SSSR count). The Morgan fingerprint density at radius 2 is 1.67 bits per heavy atom. The summed E-state index contributed by atoms with van der Waals surface area (Å²) in [7, 11) is 0. The Labute approximate surface area is 129 Å². The second kappa shape index (κ2) is 7.31. The highest BCUT2D eigenvalue weighted by atomic mass is 15.1. The topological polar surface area (TPSA) is 15.3 Å². The van der Waals surface area contributed by atoms with Crippen LogP contribution in [-0.2, 0) is 6.54 Å². The average Bonchev–Trinajstić information content (AvgIpc) is 3.08. The molecule has 1 saturated carbocycles. The van der Waals surface area contributed by atoms with Crippen molar-refractivity contribution >= 4 is 5.69 Å². The maximum atomic E-state index is 3.73. The summed E-state index contributed by atoms with van der Waals surface area (Å²) in [5.41, 5.74) is 2.82. The molecule has 0 radical (unpaired) electrons. The van der Waals surface area contributed by atoms with E-state index in [0.29, 0.717) is 6.04 Å². The van der Waals surface area contributed by atoms with E-state index in [1.54, 1.807) is 0 Å². The Bertz CT molecular complexity index is 414. The van der Waals surface area contributed by atoms with E-state index < -0.39 is 0 Å². The van der Waals surface area contributed by atoms with Crippen molar-refractivity contribution in [2.24, 2.45) is 5.92 Å². The fourth-order valence-electron chi connectivity index (χ4n) is 3.88. The van der Waals surface area contributed by atoms with Crippen LogP contribution >= 0.6 is 0 Å². The fourth-order valence-corrected chi connectivity index (χ4v) is 3.88. The summed E-state index contributed by atoms with van der Waals surface area (Å²) < 4.78 is 0. The van der Waals surface area contributed by atoms with Crippen molar-refractivity contribution < 1.29 is 0 Å². The average molecular weight is 286 g/mol. The van der Waals surface area contributed by atoms with Crippen LogP contribution in [0.1, 0.15) is 57.4 Å². The van der Waals surface area contributed by atoms with Crippen molar-refractivity contribution in [3.63, 3.8) is 0 Å². The van der Waals surface area contributed by atoms with E-state index in [9.17, 15) is 0 Å². The Hall–Kier alpha value is -1.02. The maximum Gasteiger partial charge on any atom is 0.0366 e. The minimum Gasteiger partial charge on any atom is -0.372 e. The summed E-state index contributed by atoms with van der Waals surface area (Å²) >= 11 is 0. The molecule has 1 aromatic rings. The number of anilines is 1. The van der Waals surface area contributed by atoms with E-state index >= 15 is 0 Å². The molecular formula is C19H30N2. The quantitative estimate of drug-likeness (QED) is 0.866. The van der Waals surface area contributed by atoms with Gasteiger partial charge in [-0.25, -0.2) is 0 Å². The lowest BCUT2D eigenvalue weighted by molar-refractivity contribution is 0.380. The molecule has 0 bridgehead atoms. The van der Waals surface area contributed by atoms with E-state index in [0.717, 1.165) is 12.5 Å². The number of rotatable bonds is 5. The summed E-state index contributed by atoms with van der Waals surface area (Å²) in [5, 5.41) is 3.73. The van der Waals surface area contributed by atoms with Gasteiger partial charge in [-0.15, -0.1) is 0 Å². The number of nitrogens with one attached hydrogen (secondary N) is 1. The first-order valence-corrected chi connectivity index (χ1v) is 8.90. The van der Waals surface area contributed by atoms with Gasteiger partial charge in [0.1, 0.15) is 0 Å². The highest BCUT2D eigenvalue weighted by molar-refractivity contribution is 5.47. The molecule has 21 heavy (non-hydrogen) atoms. The van der Waals surface area contributed by atoms with Gasteiger partial charge >= 0.3 is 0 Å². The molecule has 2 fully saturated rings. The monoisotopic (exact) mass is 286 g/mol. The predicted molar refractivity (Wildman–Crippen MR) is 90.8 cm³/mol. The van der Waals surface area contributed by atoms with Gasteiger partial charge in [-0.1, -0.05) is 25.0 Å². The molecule has 2 heteroatoms. The van der Waals surface area contributed by atoms with Crippen molar-refractivity contribution in [2.45, 2.75) is 64.5 Å². The lowest BCUT2D eigenvalue weighted by atomic mass is 9.99. The molecule has 1 aliphatic carbocycles. The summed E-state index contributed by atoms with van der Waals surface area (Å²) in [6, 6.07) is 9.89. The molecule has 116 valence electrons. The van der Waals surface area contributed by atoms with Gasteiger partial charge in [0.15, 0.2) is 0 Å². The van der Waals surface area contributed by atoms with E-state index in [1.165, 1.54) is 69.3 Å².